The first-order valence-electron chi connectivity index (χ1n) is 7.39. The standard InChI is InChI=1S/C17H22N2OS/c1-20-12-14-4-2-3-5-15(14)16(10-18)19-8-6-17-13(11-19)7-9-21-17/h2-5,7,9,16H,6,8,10-12,18H2,1H3. The van der Waals surface area contributed by atoms with E-state index in [2.05, 4.69) is 40.6 Å². The summed E-state index contributed by atoms with van der Waals surface area (Å²) in [5.41, 5.74) is 10.1. The van der Waals surface area contributed by atoms with Crippen LogP contribution in [0.25, 0.3) is 0 Å². The van der Waals surface area contributed by atoms with E-state index in [1.54, 1.807) is 7.11 Å². The van der Waals surface area contributed by atoms with Crippen molar-refractivity contribution in [3.05, 3.63) is 57.3 Å². The van der Waals surface area contributed by atoms with Gasteiger partial charge in [0, 0.05) is 37.7 Å². The van der Waals surface area contributed by atoms with Crippen LogP contribution in [0.5, 0.6) is 0 Å². The van der Waals surface area contributed by atoms with Crippen molar-refractivity contribution in [2.45, 2.75) is 25.6 Å². The molecule has 2 heterocycles. The molecule has 21 heavy (non-hydrogen) atoms. The minimum atomic E-state index is 0.268. The summed E-state index contributed by atoms with van der Waals surface area (Å²) in [7, 11) is 1.74. The summed E-state index contributed by atoms with van der Waals surface area (Å²) in [5, 5.41) is 2.20. The van der Waals surface area contributed by atoms with Crippen LogP contribution in [-0.4, -0.2) is 25.1 Å². The number of fused-ring (bicyclic) bond motifs is 1. The van der Waals surface area contributed by atoms with Crippen LogP contribution < -0.4 is 5.73 Å². The van der Waals surface area contributed by atoms with Gasteiger partial charge in [0.2, 0.25) is 0 Å². The van der Waals surface area contributed by atoms with Crippen LogP contribution >= 0.6 is 11.3 Å². The van der Waals surface area contributed by atoms with Crippen molar-refractivity contribution in [2.24, 2.45) is 5.73 Å². The zero-order valence-corrected chi connectivity index (χ0v) is 13.2. The molecule has 3 rings (SSSR count). The lowest BCUT2D eigenvalue weighted by molar-refractivity contribution is 0.168. The number of methoxy groups -OCH3 is 1. The number of thiophene rings is 1. The second-order valence-corrected chi connectivity index (χ2v) is 6.47. The molecule has 0 amide bonds. The third kappa shape index (κ3) is 3.04. The largest absolute Gasteiger partial charge is 0.380 e. The van der Waals surface area contributed by atoms with E-state index in [0.717, 1.165) is 19.5 Å². The molecular formula is C17H22N2OS. The number of nitrogens with two attached hydrogens (primary N) is 1. The van der Waals surface area contributed by atoms with Gasteiger partial charge in [-0.05, 0) is 34.6 Å². The normalized spacial score (nSPS) is 16.7. The molecule has 0 bridgehead atoms. The van der Waals surface area contributed by atoms with Gasteiger partial charge >= 0.3 is 0 Å². The summed E-state index contributed by atoms with van der Waals surface area (Å²) in [5.74, 6) is 0. The SMILES string of the molecule is COCc1ccccc1C(CN)N1CCc2sccc2C1. The Morgan fingerprint density at radius 2 is 2.19 bits per heavy atom. The van der Waals surface area contributed by atoms with Crippen LogP contribution in [0.2, 0.25) is 0 Å². The molecule has 1 aromatic carbocycles. The lowest BCUT2D eigenvalue weighted by Crippen LogP contribution is -2.37. The minimum Gasteiger partial charge on any atom is -0.380 e. The lowest BCUT2D eigenvalue weighted by atomic mass is 9.97. The summed E-state index contributed by atoms with van der Waals surface area (Å²) >= 11 is 1.88. The molecule has 0 saturated carbocycles. The smallest absolute Gasteiger partial charge is 0.0716 e. The van der Waals surface area contributed by atoms with Gasteiger partial charge in [-0.25, -0.2) is 0 Å². The van der Waals surface area contributed by atoms with Crippen LogP contribution in [0.3, 0.4) is 0 Å². The van der Waals surface area contributed by atoms with E-state index in [9.17, 15) is 0 Å². The van der Waals surface area contributed by atoms with Crippen LogP contribution in [0.4, 0.5) is 0 Å². The number of ether oxygens (including phenoxy) is 1. The van der Waals surface area contributed by atoms with Crippen molar-refractivity contribution in [1.29, 1.82) is 0 Å². The summed E-state index contributed by atoms with van der Waals surface area (Å²) in [4.78, 5) is 4.04. The highest BCUT2D eigenvalue weighted by Gasteiger charge is 2.25. The first-order chi connectivity index (χ1) is 10.3. The molecule has 112 valence electrons. The molecule has 2 N–H and O–H groups in total. The molecule has 0 radical (unpaired) electrons. The van der Waals surface area contributed by atoms with Gasteiger partial charge in [0.15, 0.2) is 0 Å². The summed E-state index contributed by atoms with van der Waals surface area (Å²) in [6.45, 7) is 3.36. The van der Waals surface area contributed by atoms with Gasteiger partial charge in [-0.2, -0.15) is 0 Å². The Morgan fingerprint density at radius 1 is 1.33 bits per heavy atom. The molecular weight excluding hydrogens is 280 g/mol. The molecule has 0 saturated heterocycles. The zero-order valence-electron chi connectivity index (χ0n) is 12.4. The highest BCUT2D eigenvalue weighted by molar-refractivity contribution is 7.10. The first-order valence-corrected chi connectivity index (χ1v) is 8.27. The number of hydrogen-bond donors (Lipinski definition) is 1. The van der Waals surface area contributed by atoms with Crippen LogP contribution in [-0.2, 0) is 24.3 Å². The second-order valence-electron chi connectivity index (χ2n) is 5.47. The molecule has 1 unspecified atom stereocenters. The molecule has 1 atom stereocenters. The van der Waals surface area contributed by atoms with E-state index >= 15 is 0 Å². The molecule has 1 aliphatic heterocycles. The van der Waals surface area contributed by atoms with E-state index in [4.69, 9.17) is 10.5 Å². The fourth-order valence-corrected chi connectivity index (χ4v) is 4.04. The van der Waals surface area contributed by atoms with E-state index < -0.39 is 0 Å². The van der Waals surface area contributed by atoms with Gasteiger partial charge in [-0.3, -0.25) is 4.90 Å². The average molecular weight is 302 g/mol. The molecule has 3 nitrogen and oxygen atoms in total. The topological polar surface area (TPSA) is 38.5 Å². The molecule has 1 aromatic heterocycles. The Bertz CT molecular complexity index is 596. The molecule has 0 fully saturated rings. The van der Waals surface area contributed by atoms with E-state index in [1.807, 2.05) is 11.3 Å². The van der Waals surface area contributed by atoms with Crippen LogP contribution in [0.15, 0.2) is 35.7 Å². The second kappa shape index (κ2) is 6.71. The maximum atomic E-state index is 6.12. The fourth-order valence-electron chi connectivity index (χ4n) is 3.16. The Hall–Kier alpha value is -1.20. The van der Waals surface area contributed by atoms with E-state index in [-0.39, 0.29) is 6.04 Å². The summed E-state index contributed by atoms with van der Waals surface area (Å²) in [6, 6.07) is 11.0. The number of benzene rings is 1. The van der Waals surface area contributed by atoms with Crippen molar-refractivity contribution in [3.8, 4) is 0 Å². The average Bonchev–Trinajstić information content (AvgIpc) is 2.98. The number of nitrogens with zero attached hydrogens (tertiary/aromatic N) is 1. The van der Waals surface area contributed by atoms with Crippen molar-refractivity contribution < 1.29 is 4.74 Å². The maximum Gasteiger partial charge on any atom is 0.0716 e. The van der Waals surface area contributed by atoms with Gasteiger partial charge < -0.3 is 10.5 Å². The highest BCUT2D eigenvalue weighted by atomic mass is 32.1. The van der Waals surface area contributed by atoms with Gasteiger partial charge in [-0.1, -0.05) is 24.3 Å². The number of rotatable bonds is 5. The van der Waals surface area contributed by atoms with E-state index in [0.29, 0.717) is 13.2 Å². The first kappa shape index (κ1) is 14.7. The Balaban J connectivity index is 1.86. The predicted molar refractivity (Wildman–Crippen MR) is 87.4 cm³/mol. The zero-order chi connectivity index (χ0) is 14.7. The van der Waals surface area contributed by atoms with Crippen molar-refractivity contribution >= 4 is 11.3 Å². The van der Waals surface area contributed by atoms with Crippen molar-refractivity contribution in [2.75, 3.05) is 20.2 Å². The Kier molecular flexibility index (Phi) is 4.70. The van der Waals surface area contributed by atoms with Gasteiger partial charge in [0.1, 0.15) is 0 Å². The minimum absolute atomic E-state index is 0.268. The molecule has 4 heteroatoms. The van der Waals surface area contributed by atoms with Crippen molar-refractivity contribution in [3.63, 3.8) is 0 Å². The summed E-state index contributed by atoms with van der Waals surface area (Å²) < 4.78 is 5.34. The third-order valence-electron chi connectivity index (χ3n) is 4.22. The lowest BCUT2D eigenvalue weighted by Gasteiger charge is -2.35. The Labute approximate surface area is 130 Å². The van der Waals surface area contributed by atoms with Crippen LogP contribution in [0, 0.1) is 0 Å². The molecule has 0 aliphatic carbocycles. The highest BCUT2D eigenvalue weighted by Crippen LogP contribution is 2.31. The number of hydrogen-bond acceptors (Lipinski definition) is 4. The quantitative estimate of drug-likeness (QED) is 0.923. The molecule has 2 aromatic rings. The summed E-state index contributed by atoms with van der Waals surface area (Å²) in [6.07, 6.45) is 1.13. The maximum absolute atomic E-state index is 6.12. The van der Waals surface area contributed by atoms with Gasteiger partial charge in [0.25, 0.3) is 0 Å². The monoisotopic (exact) mass is 302 g/mol. The van der Waals surface area contributed by atoms with Gasteiger partial charge in [-0.15, -0.1) is 11.3 Å². The van der Waals surface area contributed by atoms with E-state index in [1.165, 1.54) is 21.6 Å². The third-order valence-corrected chi connectivity index (χ3v) is 5.24. The van der Waals surface area contributed by atoms with Crippen molar-refractivity contribution in [1.82, 2.24) is 4.90 Å². The van der Waals surface area contributed by atoms with Crippen LogP contribution in [0.1, 0.15) is 27.6 Å². The molecule has 0 spiro atoms. The fraction of sp³-hybridized carbons (Fsp3) is 0.412. The Morgan fingerprint density at radius 3 is 3.00 bits per heavy atom. The predicted octanol–water partition coefficient (Wildman–Crippen LogP) is 2.95. The van der Waals surface area contributed by atoms with Gasteiger partial charge in [0.05, 0.1) is 6.61 Å². The molecule has 1 aliphatic rings.